The summed E-state index contributed by atoms with van der Waals surface area (Å²) in [6, 6.07) is -1.50. The van der Waals surface area contributed by atoms with Crippen LogP contribution in [0.4, 0.5) is 9.93 Å². The number of carbonyl (C=O) groups is 2. The molecule has 0 aliphatic heterocycles. The number of amides is 2. The van der Waals surface area contributed by atoms with Crippen LogP contribution in [-0.4, -0.2) is 32.5 Å². The van der Waals surface area contributed by atoms with Crippen LogP contribution in [0, 0.1) is 12.8 Å². The molecule has 2 atom stereocenters. The molecule has 0 radical (unpaired) electrons. The second-order valence-electron chi connectivity index (χ2n) is 3.95. The quantitative estimate of drug-likeness (QED) is 0.753. The van der Waals surface area contributed by atoms with E-state index in [1.54, 1.807) is 13.8 Å². The fraction of sp³-hybridized carbons (Fsp3) is 0.600. The van der Waals surface area contributed by atoms with Gasteiger partial charge in [0, 0.05) is 11.5 Å². The molecule has 2 unspecified atom stereocenters. The van der Waals surface area contributed by atoms with Crippen molar-refractivity contribution in [1.29, 1.82) is 0 Å². The normalized spacial score (nSPS) is 13.7. The number of urea groups is 1. The molecule has 0 aliphatic carbocycles. The van der Waals surface area contributed by atoms with Crippen LogP contribution in [0.1, 0.15) is 26.1 Å². The highest BCUT2D eigenvalue weighted by Crippen LogP contribution is 2.11. The molecule has 100 valence electrons. The summed E-state index contributed by atoms with van der Waals surface area (Å²) < 4.78 is 3.91. The van der Waals surface area contributed by atoms with Gasteiger partial charge in [-0.25, -0.2) is 14.6 Å². The second kappa shape index (κ2) is 6.29. The molecule has 0 spiro atoms. The van der Waals surface area contributed by atoms with Crippen molar-refractivity contribution in [2.45, 2.75) is 33.2 Å². The molecular weight excluding hydrogens is 256 g/mol. The summed E-state index contributed by atoms with van der Waals surface area (Å²) in [7, 11) is 0. The summed E-state index contributed by atoms with van der Waals surface area (Å²) in [5.74, 6) is -0.635. The number of hydrogen-bond donors (Lipinski definition) is 3. The number of aryl methyl sites for hydroxylation is 1. The molecule has 0 fully saturated rings. The maximum Gasteiger partial charge on any atom is 0.326 e. The van der Waals surface area contributed by atoms with Crippen molar-refractivity contribution < 1.29 is 14.7 Å². The van der Waals surface area contributed by atoms with Gasteiger partial charge >= 0.3 is 12.0 Å². The number of aromatic nitrogens is 2. The van der Waals surface area contributed by atoms with Gasteiger partial charge in [0.25, 0.3) is 0 Å². The minimum absolute atomic E-state index is 0.149. The van der Waals surface area contributed by atoms with Gasteiger partial charge in [-0.15, -0.1) is 0 Å². The van der Waals surface area contributed by atoms with E-state index in [-0.39, 0.29) is 5.92 Å². The molecule has 0 aliphatic rings. The van der Waals surface area contributed by atoms with E-state index in [1.165, 1.54) is 0 Å². The first-order valence-electron chi connectivity index (χ1n) is 5.54. The maximum absolute atomic E-state index is 11.6. The maximum atomic E-state index is 11.6. The second-order valence-corrected chi connectivity index (χ2v) is 4.70. The van der Waals surface area contributed by atoms with Crippen LogP contribution in [0.3, 0.4) is 0 Å². The number of rotatable bonds is 5. The van der Waals surface area contributed by atoms with E-state index in [2.05, 4.69) is 20.0 Å². The largest absolute Gasteiger partial charge is 0.480 e. The molecule has 2 amide bonds. The topological polar surface area (TPSA) is 104 Å². The van der Waals surface area contributed by atoms with Crippen LogP contribution >= 0.6 is 11.5 Å². The van der Waals surface area contributed by atoms with Crippen LogP contribution < -0.4 is 10.6 Å². The first-order chi connectivity index (χ1) is 8.43. The Morgan fingerprint density at radius 2 is 2.17 bits per heavy atom. The van der Waals surface area contributed by atoms with Gasteiger partial charge in [-0.1, -0.05) is 20.3 Å². The summed E-state index contributed by atoms with van der Waals surface area (Å²) >= 11 is 1.05. The van der Waals surface area contributed by atoms with Crippen molar-refractivity contribution in [3.63, 3.8) is 0 Å². The number of nitrogens with one attached hydrogen (secondary N) is 2. The van der Waals surface area contributed by atoms with Gasteiger partial charge in [-0.3, -0.25) is 5.32 Å². The third-order valence-electron chi connectivity index (χ3n) is 2.51. The van der Waals surface area contributed by atoms with Gasteiger partial charge in [-0.05, 0) is 12.8 Å². The van der Waals surface area contributed by atoms with Crippen molar-refractivity contribution in [1.82, 2.24) is 14.7 Å². The lowest BCUT2D eigenvalue weighted by molar-refractivity contribution is -0.140. The standard InChI is InChI=1S/C10H16N4O3S/c1-4-5(2)7(8(15)16)12-9(17)13-10-11-6(3)14-18-10/h5,7H,4H2,1-3H3,(H,15,16)(H2,11,12,13,14,17). The Bertz CT molecular complexity index is 435. The summed E-state index contributed by atoms with van der Waals surface area (Å²) in [5.41, 5.74) is 0. The lowest BCUT2D eigenvalue weighted by atomic mass is 10.00. The van der Waals surface area contributed by atoms with Gasteiger partial charge in [-0.2, -0.15) is 4.37 Å². The van der Waals surface area contributed by atoms with E-state index in [1.807, 2.05) is 6.92 Å². The van der Waals surface area contributed by atoms with Crippen molar-refractivity contribution in [3.8, 4) is 0 Å². The fourth-order valence-electron chi connectivity index (χ4n) is 1.31. The molecule has 8 heteroatoms. The monoisotopic (exact) mass is 272 g/mol. The van der Waals surface area contributed by atoms with E-state index >= 15 is 0 Å². The van der Waals surface area contributed by atoms with Gasteiger partial charge in [0.2, 0.25) is 5.13 Å². The number of carboxylic acid groups (broad SMARTS) is 1. The molecule has 0 aromatic carbocycles. The molecule has 7 nitrogen and oxygen atoms in total. The highest BCUT2D eigenvalue weighted by atomic mass is 32.1. The van der Waals surface area contributed by atoms with E-state index in [4.69, 9.17) is 5.11 Å². The van der Waals surface area contributed by atoms with E-state index < -0.39 is 18.0 Å². The van der Waals surface area contributed by atoms with Gasteiger partial charge in [0.15, 0.2) is 0 Å². The predicted octanol–water partition coefficient (Wildman–Crippen LogP) is 1.47. The van der Waals surface area contributed by atoms with Crippen molar-refractivity contribution >= 4 is 28.7 Å². The third-order valence-corrected chi connectivity index (χ3v) is 3.24. The number of aliphatic carboxylic acids is 1. The Balaban J connectivity index is 2.59. The average molecular weight is 272 g/mol. The molecule has 1 rings (SSSR count). The Kier molecular flexibility index (Phi) is 5.02. The van der Waals surface area contributed by atoms with Crippen LogP contribution in [0.2, 0.25) is 0 Å². The first-order valence-corrected chi connectivity index (χ1v) is 6.32. The first kappa shape index (κ1) is 14.4. The van der Waals surface area contributed by atoms with Crippen LogP contribution in [0.5, 0.6) is 0 Å². The Morgan fingerprint density at radius 3 is 2.61 bits per heavy atom. The van der Waals surface area contributed by atoms with Crippen LogP contribution in [0.15, 0.2) is 0 Å². The molecular formula is C10H16N4O3S. The Labute approximate surface area is 109 Å². The number of anilines is 1. The number of nitrogens with zero attached hydrogens (tertiary/aromatic N) is 2. The van der Waals surface area contributed by atoms with Gasteiger partial charge in [0.05, 0.1) is 0 Å². The average Bonchev–Trinajstić information content (AvgIpc) is 2.70. The molecule has 18 heavy (non-hydrogen) atoms. The molecule has 1 aromatic rings. The Hall–Kier alpha value is -1.70. The number of hydrogen-bond acceptors (Lipinski definition) is 5. The summed E-state index contributed by atoms with van der Waals surface area (Å²) in [6.07, 6.45) is 0.662. The van der Waals surface area contributed by atoms with E-state index in [9.17, 15) is 9.59 Å². The summed E-state index contributed by atoms with van der Waals surface area (Å²) in [4.78, 5) is 26.6. The number of carboxylic acids is 1. The highest BCUT2D eigenvalue weighted by Gasteiger charge is 2.25. The lowest BCUT2D eigenvalue weighted by Gasteiger charge is -2.19. The summed E-state index contributed by atoms with van der Waals surface area (Å²) in [6.45, 7) is 5.35. The zero-order valence-corrected chi connectivity index (χ0v) is 11.2. The minimum atomic E-state index is -1.05. The third kappa shape index (κ3) is 3.95. The van der Waals surface area contributed by atoms with Gasteiger partial charge in [0.1, 0.15) is 11.9 Å². The number of carbonyl (C=O) groups excluding carboxylic acids is 1. The molecule has 0 bridgehead atoms. The summed E-state index contributed by atoms with van der Waals surface area (Å²) in [5, 5.41) is 14.2. The SMILES string of the molecule is CCC(C)C(NC(=O)Nc1nc(C)ns1)C(=O)O. The van der Waals surface area contributed by atoms with Crippen molar-refractivity contribution in [3.05, 3.63) is 5.82 Å². The molecule has 0 saturated carbocycles. The van der Waals surface area contributed by atoms with E-state index in [0.717, 1.165) is 11.5 Å². The molecule has 1 aromatic heterocycles. The minimum Gasteiger partial charge on any atom is -0.480 e. The van der Waals surface area contributed by atoms with E-state index in [0.29, 0.717) is 17.4 Å². The van der Waals surface area contributed by atoms with Crippen molar-refractivity contribution in [2.24, 2.45) is 5.92 Å². The lowest BCUT2D eigenvalue weighted by Crippen LogP contribution is -2.46. The fourth-order valence-corrected chi connectivity index (χ4v) is 1.88. The zero-order valence-electron chi connectivity index (χ0n) is 10.4. The van der Waals surface area contributed by atoms with Crippen LogP contribution in [-0.2, 0) is 4.79 Å². The van der Waals surface area contributed by atoms with Crippen LogP contribution in [0.25, 0.3) is 0 Å². The zero-order chi connectivity index (χ0) is 13.7. The molecule has 1 heterocycles. The molecule has 0 saturated heterocycles. The Morgan fingerprint density at radius 1 is 1.50 bits per heavy atom. The van der Waals surface area contributed by atoms with Crippen molar-refractivity contribution in [2.75, 3.05) is 5.32 Å². The smallest absolute Gasteiger partial charge is 0.326 e. The predicted molar refractivity (Wildman–Crippen MR) is 67.7 cm³/mol. The highest BCUT2D eigenvalue weighted by molar-refractivity contribution is 7.09. The van der Waals surface area contributed by atoms with Gasteiger partial charge < -0.3 is 10.4 Å². The molecule has 3 N–H and O–H groups in total.